The first-order valence-corrected chi connectivity index (χ1v) is 5.94. The molecule has 1 aromatic heterocycles. The summed E-state index contributed by atoms with van der Waals surface area (Å²) < 4.78 is 5.54. The third kappa shape index (κ3) is 2.42. The van der Waals surface area contributed by atoms with Gasteiger partial charge in [0.05, 0.1) is 12.4 Å². The Morgan fingerprint density at radius 1 is 1.05 bits per heavy atom. The van der Waals surface area contributed by atoms with Crippen LogP contribution in [-0.2, 0) is 0 Å². The van der Waals surface area contributed by atoms with E-state index in [2.05, 4.69) is 9.97 Å². The maximum Gasteiger partial charge on any atom is 0.356 e. The van der Waals surface area contributed by atoms with Gasteiger partial charge in [-0.3, -0.25) is 4.98 Å². The molecule has 1 N–H and O–H groups in total. The van der Waals surface area contributed by atoms with E-state index in [1.807, 2.05) is 36.4 Å². The summed E-state index contributed by atoms with van der Waals surface area (Å²) in [6.45, 7) is 0. The normalized spacial score (nSPS) is 10.4. The minimum Gasteiger partial charge on any atom is -0.476 e. The van der Waals surface area contributed by atoms with Gasteiger partial charge in [0.2, 0.25) is 5.88 Å². The number of carboxylic acids is 1. The Balaban J connectivity index is 1.92. The van der Waals surface area contributed by atoms with Gasteiger partial charge < -0.3 is 9.84 Å². The first kappa shape index (κ1) is 12.1. The highest BCUT2D eigenvalue weighted by molar-refractivity contribution is 5.85. The van der Waals surface area contributed by atoms with Gasteiger partial charge in [-0.25, -0.2) is 9.78 Å². The SMILES string of the molecule is O=C(O)c1cncc(Oc2ccc3ccccc3c2)n1. The van der Waals surface area contributed by atoms with E-state index in [0.29, 0.717) is 5.75 Å². The van der Waals surface area contributed by atoms with Gasteiger partial charge in [-0.2, -0.15) is 0 Å². The fourth-order valence-corrected chi connectivity index (χ4v) is 1.85. The summed E-state index contributed by atoms with van der Waals surface area (Å²) in [4.78, 5) is 18.5. The Bertz CT molecular complexity index is 787. The molecule has 2 aromatic carbocycles. The number of fused-ring (bicyclic) bond motifs is 1. The Hall–Kier alpha value is -2.95. The zero-order valence-electron chi connectivity index (χ0n) is 10.4. The van der Waals surface area contributed by atoms with Gasteiger partial charge in [0, 0.05) is 0 Å². The summed E-state index contributed by atoms with van der Waals surface area (Å²) >= 11 is 0. The molecule has 0 fully saturated rings. The molecule has 3 rings (SSSR count). The second-order valence-corrected chi connectivity index (χ2v) is 4.16. The highest BCUT2D eigenvalue weighted by Gasteiger charge is 2.07. The number of hydrogen-bond acceptors (Lipinski definition) is 4. The number of carbonyl (C=O) groups is 1. The molecule has 0 radical (unpaired) electrons. The number of ether oxygens (including phenoxy) is 1. The lowest BCUT2D eigenvalue weighted by Crippen LogP contribution is -2.02. The Morgan fingerprint density at radius 3 is 2.65 bits per heavy atom. The van der Waals surface area contributed by atoms with Crippen molar-refractivity contribution >= 4 is 16.7 Å². The Labute approximate surface area is 114 Å². The molecule has 5 nitrogen and oxygen atoms in total. The van der Waals surface area contributed by atoms with Crippen molar-refractivity contribution in [3.63, 3.8) is 0 Å². The third-order valence-electron chi connectivity index (χ3n) is 2.77. The standard InChI is InChI=1S/C15H10N2O3/c18-15(19)13-8-16-9-14(17-13)20-12-6-5-10-3-1-2-4-11(10)7-12/h1-9H,(H,18,19). The summed E-state index contributed by atoms with van der Waals surface area (Å²) in [5.74, 6) is -0.401. The van der Waals surface area contributed by atoms with Crippen molar-refractivity contribution in [1.82, 2.24) is 9.97 Å². The number of hydrogen-bond donors (Lipinski definition) is 1. The zero-order chi connectivity index (χ0) is 13.9. The van der Waals surface area contributed by atoms with Crippen molar-refractivity contribution in [2.75, 3.05) is 0 Å². The maximum atomic E-state index is 10.8. The van der Waals surface area contributed by atoms with Crippen LogP contribution in [0.15, 0.2) is 54.9 Å². The molecule has 0 aliphatic heterocycles. The number of nitrogens with zero attached hydrogens (tertiary/aromatic N) is 2. The van der Waals surface area contributed by atoms with Crippen molar-refractivity contribution in [2.24, 2.45) is 0 Å². The second kappa shape index (κ2) is 4.97. The molecule has 0 spiro atoms. The molecule has 0 aliphatic carbocycles. The van der Waals surface area contributed by atoms with Gasteiger partial charge in [0.15, 0.2) is 5.69 Å². The average molecular weight is 266 g/mol. The van der Waals surface area contributed by atoms with Gasteiger partial charge in [-0.15, -0.1) is 0 Å². The molecule has 0 amide bonds. The van der Waals surface area contributed by atoms with Crippen LogP contribution in [0.1, 0.15) is 10.5 Å². The van der Waals surface area contributed by atoms with Crippen LogP contribution >= 0.6 is 0 Å². The van der Waals surface area contributed by atoms with E-state index in [1.54, 1.807) is 6.07 Å². The summed E-state index contributed by atoms with van der Waals surface area (Å²) in [6, 6.07) is 13.5. The van der Waals surface area contributed by atoms with Crippen LogP contribution in [0, 0.1) is 0 Å². The van der Waals surface area contributed by atoms with Crippen LogP contribution in [0.2, 0.25) is 0 Å². The lowest BCUT2D eigenvalue weighted by Gasteiger charge is -2.06. The smallest absolute Gasteiger partial charge is 0.356 e. The summed E-state index contributed by atoms with van der Waals surface area (Å²) in [6.07, 6.45) is 2.55. The molecule has 0 aliphatic rings. The maximum absolute atomic E-state index is 10.8. The lowest BCUT2D eigenvalue weighted by atomic mass is 10.1. The van der Waals surface area contributed by atoms with Crippen LogP contribution in [-0.4, -0.2) is 21.0 Å². The predicted molar refractivity (Wildman–Crippen MR) is 73.0 cm³/mol. The van der Waals surface area contributed by atoms with E-state index in [9.17, 15) is 4.79 Å². The first-order chi connectivity index (χ1) is 9.72. The zero-order valence-corrected chi connectivity index (χ0v) is 10.4. The van der Waals surface area contributed by atoms with Crippen molar-refractivity contribution < 1.29 is 14.6 Å². The minimum absolute atomic E-state index is 0.150. The minimum atomic E-state index is -1.14. The van der Waals surface area contributed by atoms with E-state index in [4.69, 9.17) is 9.84 Å². The number of carboxylic acid groups (broad SMARTS) is 1. The van der Waals surface area contributed by atoms with Crippen molar-refractivity contribution in [1.29, 1.82) is 0 Å². The quantitative estimate of drug-likeness (QED) is 0.788. The fourth-order valence-electron chi connectivity index (χ4n) is 1.85. The van der Waals surface area contributed by atoms with Crippen LogP contribution in [0.5, 0.6) is 11.6 Å². The molecule has 5 heteroatoms. The number of aromatic carboxylic acids is 1. The first-order valence-electron chi connectivity index (χ1n) is 5.94. The number of benzene rings is 2. The highest BCUT2D eigenvalue weighted by Crippen LogP contribution is 2.24. The summed E-state index contributed by atoms with van der Waals surface area (Å²) in [5.41, 5.74) is -0.150. The fraction of sp³-hybridized carbons (Fsp3) is 0. The van der Waals surface area contributed by atoms with Gasteiger partial charge in [-0.1, -0.05) is 30.3 Å². The van der Waals surface area contributed by atoms with Crippen LogP contribution in [0.25, 0.3) is 10.8 Å². The molecule has 1 heterocycles. The number of aromatic nitrogens is 2. The van der Waals surface area contributed by atoms with Crippen molar-refractivity contribution in [3.05, 3.63) is 60.6 Å². The second-order valence-electron chi connectivity index (χ2n) is 4.16. The van der Waals surface area contributed by atoms with Gasteiger partial charge in [0.1, 0.15) is 5.75 Å². The monoisotopic (exact) mass is 266 g/mol. The number of rotatable bonds is 3. The molecular weight excluding hydrogens is 256 g/mol. The van der Waals surface area contributed by atoms with Gasteiger partial charge >= 0.3 is 5.97 Å². The van der Waals surface area contributed by atoms with Gasteiger partial charge in [0.25, 0.3) is 0 Å². The Morgan fingerprint density at radius 2 is 1.85 bits per heavy atom. The lowest BCUT2D eigenvalue weighted by molar-refractivity contribution is 0.0689. The van der Waals surface area contributed by atoms with Crippen LogP contribution in [0.3, 0.4) is 0 Å². The van der Waals surface area contributed by atoms with E-state index >= 15 is 0 Å². The predicted octanol–water partition coefficient (Wildman–Crippen LogP) is 3.12. The highest BCUT2D eigenvalue weighted by atomic mass is 16.5. The molecule has 98 valence electrons. The van der Waals surface area contributed by atoms with E-state index in [-0.39, 0.29) is 11.6 Å². The Kier molecular flexibility index (Phi) is 3.01. The third-order valence-corrected chi connectivity index (χ3v) is 2.77. The van der Waals surface area contributed by atoms with E-state index in [1.165, 1.54) is 12.4 Å². The molecule has 0 bridgehead atoms. The average Bonchev–Trinajstić information content (AvgIpc) is 2.47. The molecule has 3 aromatic rings. The van der Waals surface area contributed by atoms with Gasteiger partial charge in [-0.05, 0) is 22.9 Å². The topological polar surface area (TPSA) is 72.3 Å². The van der Waals surface area contributed by atoms with Crippen LogP contribution < -0.4 is 4.74 Å². The van der Waals surface area contributed by atoms with Crippen LogP contribution in [0.4, 0.5) is 0 Å². The van der Waals surface area contributed by atoms with Crippen molar-refractivity contribution in [3.8, 4) is 11.6 Å². The molecular formula is C15H10N2O3. The molecule has 0 saturated heterocycles. The summed E-state index contributed by atoms with van der Waals surface area (Å²) in [5, 5.41) is 11.0. The largest absolute Gasteiger partial charge is 0.476 e. The molecule has 0 unspecified atom stereocenters. The molecule has 0 saturated carbocycles. The summed E-state index contributed by atoms with van der Waals surface area (Å²) in [7, 11) is 0. The molecule has 0 atom stereocenters. The van der Waals surface area contributed by atoms with Crippen molar-refractivity contribution in [2.45, 2.75) is 0 Å². The molecule has 20 heavy (non-hydrogen) atoms. The van der Waals surface area contributed by atoms with E-state index < -0.39 is 5.97 Å². The van der Waals surface area contributed by atoms with E-state index in [0.717, 1.165) is 10.8 Å².